The Labute approximate surface area is 178 Å². The summed E-state index contributed by atoms with van der Waals surface area (Å²) in [6.45, 7) is 6.37. The summed E-state index contributed by atoms with van der Waals surface area (Å²) in [4.78, 5) is 12.3. The van der Waals surface area contributed by atoms with Gasteiger partial charge in [-0.05, 0) is 68.3 Å². The number of sulfonamides is 1. The number of amides is 1. The second-order valence-corrected chi connectivity index (χ2v) is 8.35. The van der Waals surface area contributed by atoms with Gasteiger partial charge in [0.1, 0.15) is 5.75 Å². The van der Waals surface area contributed by atoms with Crippen LogP contribution in [0.3, 0.4) is 0 Å². The molecule has 0 bridgehead atoms. The summed E-state index contributed by atoms with van der Waals surface area (Å²) in [7, 11) is -3.73. The van der Waals surface area contributed by atoms with Crippen molar-refractivity contribution in [3.63, 3.8) is 0 Å². The maximum atomic E-state index is 12.5. The normalized spacial score (nSPS) is 11.1. The van der Waals surface area contributed by atoms with Crippen molar-refractivity contribution in [2.24, 2.45) is 0 Å². The van der Waals surface area contributed by atoms with Crippen LogP contribution in [0.2, 0.25) is 0 Å². The van der Waals surface area contributed by atoms with Gasteiger partial charge in [0.15, 0.2) is 0 Å². The average Bonchev–Trinajstić information content (AvgIpc) is 2.74. The molecule has 0 saturated heterocycles. The molecule has 8 heteroatoms. The quantitative estimate of drug-likeness (QED) is 0.468. The van der Waals surface area contributed by atoms with E-state index in [0.29, 0.717) is 36.8 Å². The monoisotopic (exact) mass is 434 g/mol. The zero-order chi connectivity index (χ0) is 21.8. The van der Waals surface area contributed by atoms with E-state index in [-0.39, 0.29) is 10.8 Å². The van der Waals surface area contributed by atoms with E-state index in [2.05, 4.69) is 17.0 Å². The number of benzene rings is 2. The molecule has 2 N–H and O–H groups in total. The van der Waals surface area contributed by atoms with Crippen LogP contribution in [0.5, 0.6) is 5.75 Å². The molecule has 2 aromatic carbocycles. The summed E-state index contributed by atoms with van der Waals surface area (Å²) in [5, 5.41) is 2.83. The average molecular weight is 435 g/mol. The predicted octanol–water partition coefficient (Wildman–Crippen LogP) is 3.82. The van der Waals surface area contributed by atoms with Gasteiger partial charge in [0.25, 0.3) is 15.9 Å². The van der Waals surface area contributed by atoms with E-state index >= 15 is 0 Å². The third kappa shape index (κ3) is 7.68. The number of hydrogen-bond donors (Lipinski definition) is 2. The summed E-state index contributed by atoms with van der Waals surface area (Å²) < 4.78 is 38.3. The lowest BCUT2D eigenvalue weighted by atomic mass is 10.2. The number of rotatable bonds is 13. The van der Waals surface area contributed by atoms with Crippen LogP contribution in [0.15, 0.2) is 53.4 Å². The molecule has 2 aromatic rings. The van der Waals surface area contributed by atoms with Gasteiger partial charge < -0.3 is 14.8 Å². The maximum absolute atomic E-state index is 12.5. The number of carbonyl (C=O) groups is 1. The van der Waals surface area contributed by atoms with Crippen LogP contribution in [0.4, 0.5) is 5.69 Å². The Hall–Kier alpha value is -2.58. The zero-order valence-electron chi connectivity index (χ0n) is 17.5. The molecule has 1 amide bonds. The first-order valence-corrected chi connectivity index (χ1v) is 11.7. The lowest BCUT2D eigenvalue weighted by molar-refractivity contribution is 0.0940. The highest BCUT2D eigenvalue weighted by molar-refractivity contribution is 7.92. The molecule has 0 aliphatic carbocycles. The van der Waals surface area contributed by atoms with Crippen LogP contribution in [0.25, 0.3) is 0 Å². The number of hydrogen-bond acceptors (Lipinski definition) is 5. The van der Waals surface area contributed by atoms with Crippen LogP contribution >= 0.6 is 0 Å². The molecular formula is C22H30N2O5S. The molecule has 0 spiro atoms. The zero-order valence-corrected chi connectivity index (χ0v) is 18.3. The molecule has 0 fully saturated rings. The van der Waals surface area contributed by atoms with Gasteiger partial charge in [-0.15, -0.1) is 0 Å². The minimum absolute atomic E-state index is 0.133. The Morgan fingerprint density at radius 1 is 0.933 bits per heavy atom. The smallest absolute Gasteiger partial charge is 0.261 e. The van der Waals surface area contributed by atoms with Crippen molar-refractivity contribution in [3.05, 3.63) is 54.1 Å². The van der Waals surface area contributed by atoms with Gasteiger partial charge in [0.05, 0.1) is 11.5 Å². The summed E-state index contributed by atoms with van der Waals surface area (Å²) in [6, 6.07) is 12.5. The van der Waals surface area contributed by atoms with Crippen molar-refractivity contribution in [3.8, 4) is 5.75 Å². The highest BCUT2D eigenvalue weighted by Crippen LogP contribution is 2.19. The first kappa shape index (κ1) is 23.7. The second kappa shape index (κ2) is 12.2. The third-order valence-corrected chi connectivity index (χ3v) is 5.63. The van der Waals surface area contributed by atoms with Gasteiger partial charge in [0, 0.05) is 31.0 Å². The fourth-order valence-corrected chi connectivity index (χ4v) is 3.67. The number of unbranched alkanes of at least 4 members (excludes halogenated alkanes) is 1. The molecule has 0 unspecified atom stereocenters. The second-order valence-electron chi connectivity index (χ2n) is 6.66. The number of nitrogens with one attached hydrogen (secondary N) is 2. The van der Waals surface area contributed by atoms with Crippen LogP contribution in [-0.4, -0.2) is 40.7 Å². The molecule has 30 heavy (non-hydrogen) atoms. The molecule has 2 rings (SSSR count). The van der Waals surface area contributed by atoms with E-state index < -0.39 is 10.0 Å². The molecule has 0 atom stereocenters. The number of ether oxygens (including phenoxy) is 2. The molecule has 0 aliphatic heterocycles. The Balaban J connectivity index is 1.85. The van der Waals surface area contributed by atoms with Crippen LogP contribution < -0.4 is 14.8 Å². The predicted molar refractivity (Wildman–Crippen MR) is 118 cm³/mol. The van der Waals surface area contributed by atoms with Crippen LogP contribution in [-0.2, 0) is 14.8 Å². The van der Waals surface area contributed by atoms with E-state index in [4.69, 9.17) is 9.47 Å². The Bertz CT molecular complexity index is 881. The van der Waals surface area contributed by atoms with Gasteiger partial charge in [0.2, 0.25) is 0 Å². The number of carbonyl (C=O) groups excluding carboxylic acids is 1. The highest BCUT2D eigenvalue weighted by Gasteiger charge is 2.14. The highest BCUT2D eigenvalue weighted by atomic mass is 32.2. The molecule has 0 radical (unpaired) electrons. The fraction of sp³-hybridized carbons (Fsp3) is 0.409. The van der Waals surface area contributed by atoms with Gasteiger partial charge in [-0.3, -0.25) is 9.52 Å². The van der Waals surface area contributed by atoms with Crippen molar-refractivity contribution in [1.29, 1.82) is 0 Å². The van der Waals surface area contributed by atoms with Crippen molar-refractivity contribution in [2.45, 2.75) is 38.0 Å². The minimum Gasteiger partial charge on any atom is -0.494 e. The summed E-state index contributed by atoms with van der Waals surface area (Å²) in [6.07, 6.45) is 2.89. The third-order valence-electron chi connectivity index (χ3n) is 4.24. The maximum Gasteiger partial charge on any atom is 0.261 e. The first-order valence-electron chi connectivity index (χ1n) is 10.2. The topological polar surface area (TPSA) is 93.7 Å². The van der Waals surface area contributed by atoms with Crippen molar-refractivity contribution in [1.82, 2.24) is 5.32 Å². The number of anilines is 1. The van der Waals surface area contributed by atoms with E-state index in [1.54, 1.807) is 36.4 Å². The lowest BCUT2D eigenvalue weighted by Gasteiger charge is -2.10. The Kier molecular flexibility index (Phi) is 9.63. The SMILES string of the molecule is CCCCOCCCNC(=O)c1ccc(NS(=O)(=O)c2ccc(OCC)cc2)cc1. The van der Waals surface area contributed by atoms with Gasteiger partial charge >= 0.3 is 0 Å². The van der Waals surface area contributed by atoms with Crippen LogP contribution in [0.1, 0.15) is 43.5 Å². The molecule has 0 heterocycles. The molecule has 0 aromatic heterocycles. The van der Waals surface area contributed by atoms with Crippen molar-refractivity contribution in [2.75, 3.05) is 31.1 Å². The Morgan fingerprint density at radius 2 is 1.60 bits per heavy atom. The van der Waals surface area contributed by atoms with Gasteiger partial charge in [-0.1, -0.05) is 13.3 Å². The minimum atomic E-state index is -3.73. The Morgan fingerprint density at radius 3 is 2.23 bits per heavy atom. The summed E-state index contributed by atoms with van der Waals surface area (Å²) in [5.74, 6) is 0.406. The van der Waals surface area contributed by atoms with Gasteiger partial charge in [-0.25, -0.2) is 8.42 Å². The van der Waals surface area contributed by atoms with Crippen molar-refractivity contribution < 1.29 is 22.7 Å². The van der Waals surface area contributed by atoms with Crippen LogP contribution in [0, 0.1) is 0 Å². The molecular weight excluding hydrogens is 404 g/mol. The van der Waals surface area contributed by atoms with Crippen molar-refractivity contribution >= 4 is 21.6 Å². The molecule has 164 valence electrons. The standard InChI is InChI=1S/C22H30N2O5S/c1-3-5-16-28-17-6-15-23-22(25)18-7-9-19(10-8-18)24-30(26,27)21-13-11-20(12-14-21)29-4-2/h7-14,24H,3-6,15-17H2,1-2H3,(H,23,25). The van der Waals surface area contributed by atoms with Gasteiger partial charge in [-0.2, -0.15) is 0 Å². The molecule has 0 aliphatic rings. The first-order chi connectivity index (χ1) is 14.5. The fourth-order valence-electron chi connectivity index (χ4n) is 2.61. The van der Waals surface area contributed by atoms with E-state index in [1.807, 2.05) is 6.92 Å². The van der Waals surface area contributed by atoms with E-state index in [1.165, 1.54) is 12.1 Å². The lowest BCUT2D eigenvalue weighted by Crippen LogP contribution is -2.25. The molecule has 0 saturated carbocycles. The van der Waals surface area contributed by atoms with E-state index in [9.17, 15) is 13.2 Å². The molecule has 7 nitrogen and oxygen atoms in total. The largest absolute Gasteiger partial charge is 0.494 e. The summed E-state index contributed by atoms with van der Waals surface area (Å²) in [5.41, 5.74) is 0.843. The summed E-state index contributed by atoms with van der Waals surface area (Å²) >= 11 is 0. The van der Waals surface area contributed by atoms with E-state index in [0.717, 1.165) is 25.9 Å².